The number of nitrogens with one attached hydrogen (secondary N) is 2. The summed E-state index contributed by atoms with van der Waals surface area (Å²) in [6.45, 7) is 2.19. The third kappa shape index (κ3) is 2.50. The van der Waals surface area contributed by atoms with Crippen LogP contribution in [0.1, 0.15) is 17.0 Å². The van der Waals surface area contributed by atoms with E-state index in [0.717, 1.165) is 23.4 Å². The molecule has 0 radical (unpaired) electrons. The van der Waals surface area contributed by atoms with E-state index < -0.39 is 0 Å². The van der Waals surface area contributed by atoms with Crippen LogP contribution in [0.5, 0.6) is 0 Å². The third-order valence-corrected chi connectivity index (χ3v) is 5.15. The predicted octanol–water partition coefficient (Wildman–Crippen LogP) is 1.61. The molecule has 2 N–H and O–H groups in total. The van der Waals surface area contributed by atoms with Crippen molar-refractivity contribution in [3.8, 4) is 6.07 Å². The van der Waals surface area contributed by atoms with Gasteiger partial charge in [-0.1, -0.05) is 12.1 Å². The molecule has 0 aliphatic carbocycles. The fourth-order valence-corrected chi connectivity index (χ4v) is 3.84. The predicted molar refractivity (Wildman–Crippen MR) is 95.7 cm³/mol. The van der Waals surface area contributed by atoms with Crippen LogP contribution in [-0.2, 0) is 4.74 Å². The second-order valence-corrected chi connectivity index (χ2v) is 6.79. The van der Waals surface area contributed by atoms with E-state index >= 15 is 0 Å². The van der Waals surface area contributed by atoms with E-state index in [9.17, 15) is 5.26 Å². The number of allylic oxidation sites excluding steroid dienone is 1. The molecular formula is C18H17N7O2. The summed E-state index contributed by atoms with van der Waals surface area (Å²) in [5.41, 5.74) is 4.39. The first-order chi connectivity index (χ1) is 13.3. The molecule has 0 spiro atoms. The van der Waals surface area contributed by atoms with Gasteiger partial charge in [0.15, 0.2) is 5.82 Å². The molecule has 2 unspecified atom stereocenters. The quantitative estimate of drug-likeness (QED) is 0.705. The molecule has 2 atom stereocenters. The summed E-state index contributed by atoms with van der Waals surface area (Å²) in [4.78, 5) is 2.19. The number of rotatable bonds is 2. The van der Waals surface area contributed by atoms with E-state index in [2.05, 4.69) is 36.8 Å². The summed E-state index contributed by atoms with van der Waals surface area (Å²) < 4.78 is 10.9. The summed E-state index contributed by atoms with van der Waals surface area (Å²) >= 11 is 0. The van der Waals surface area contributed by atoms with E-state index in [0.29, 0.717) is 35.6 Å². The first-order valence-electron chi connectivity index (χ1n) is 8.72. The number of morpholine rings is 1. The highest BCUT2D eigenvalue weighted by molar-refractivity contribution is 5.81. The van der Waals surface area contributed by atoms with Crippen LogP contribution >= 0.6 is 0 Å². The van der Waals surface area contributed by atoms with Crippen LogP contribution < -0.4 is 5.32 Å². The molecule has 4 heterocycles. The van der Waals surface area contributed by atoms with Crippen molar-refractivity contribution in [2.75, 3.05) is 32.1 Å². The highest BCUT2D eigenvalue weighted by Gasteiger charge is 2.37. The lowest BCUT2D eigenvalue weighted by molar-refractivity contribution is 0.000834. The van der Waals surface area contributed by atoms with Gasteiger partial charge < -0.3 is 15.0 Å². The zero-order valence-electron chi connectivity index (χ0n) is 14.6. The minimum Gasteiger partial charge on any atom is -0.369 e. The third-order valence-electron chi connectivity index (χ3n) is 5.15. The van der Waals surface area contributed by atoms with Crippen molar-refractivity contribution in [1.82, 2.24) is 25.4 Å². The van der Waals surface area contributed by atoms with Gasteiger partial charge in [0.05, 0.1) is 29.9 Å². The number of H-pyrrole nitrogens is 1. The average molecular weight is 363 g/mol. The second-order valence-electron chi connectivity index (χ2n) is 6.79. The van der Waals surface area contributed by atoms with E-state index in [1.54, 1.807) is 6.20 Å². The van der Waals surface area contributed by atoms with E-state index in [4.69, 9.17) is 9.37 Å². The number of benzene rings is 1. The van der Waals surface area contributed by atoms with E-state index in [-0.39, 0.29) is 12.0 Å². The number of fused-ring (bicyclic) bond motifs is 2. The van der Waals surface area contributed by atoms with Crippen LogP contribution in [0.15, 0.2) is 40.3 Å². The van der Waals surface area contributed by atoms with Gasteiger partial charge in [-0.15, -0.1) is 0 Å². The lowest BCUT2D eigenvalue weighted by Gasteiger charge is -2.35. The van der Waals surface area contributed by atoms with Crippen molar-refractivity contribution in [2.45, 2.75) is 12.0 Å². The Bertz CT molecular complexity index is 1080. The standard InChI is InChI=1S/C18H17N7O2/c1-25-5-6-26-14(9-25)17-11(7-19)15(12-8-20-22-18(12)21-17)10-3-2-4-13-16(10)24-27-23-13/h2-4,8,14-15H,5-6,9H2,1H3,(H2,20,21,22). The smallest absolute Gasteiger partial charge is 0.156 e. The van der Waals surface area contributed by atoms with Gasteiger partial charge in [-0.25, -0.2) is 4.63 Å². The average Bonchev–Trinajstić information content (AvgIpc) is 3.35. The van der Waals surface area contributed by atoms with Crippen LogP contribution in [-0.4, -0.2) is 58.3 Å². The molecule has 136 valence electrons. The summed E-state index contributed by atoms with van der Waals surface area (Å²) in [6.07, 6.45) is 1.58. The van der Waals surface area contributed by atoms with Gasteiger partial charge in [-0.05, 0) is 29.0 Å². The Balaban J connectivity index is 1.70. The van der Waals surface area contributed by atoms with Gasteiger partial charge in [0.1, 0.15) is 17.1 Å². The lowest BCUT2D eigenvalue weighted by Crippen LogP contribution is -2.43. The van der Waals surface area contributed by atoms with Crippen LogP contribution in [0.25, 0.3) is 11.0 Å². The molecule has 0 bridgehead atoms. The topological polar surface area (TPSA) is 116 Å². The Hall–Kier alpha value is -3.22. The van der Waals surface area contributed by atoms with Gasteiger partial charge in [-0.3, -0.25) is 5.10 Å². The Kier molecular flexibility index (Phi) is 3.67. The molecule has 0 amide bonds. The van der Waals surface area contributed by atoms with Crippen LogP contribution in [0.2, 0.25) is 0 Å². The van der Waals surface area contributed by atoms with Crippen molar-refractivity contribution < 1.29 is 9.37 Å². The fraction of sp³-hybridized carbons (Fsp3) is 0.333. The maximum atomic E-state index is 10.1. The molecule has 1 fully saturated rings. The molecule has 0 saturated carbocycles. The Labute approximate surface area is 154 Å². The van der Waals surface area contributed by atoms with Crippen LogP contribution in [0.4, 0.5) is 5.82 Å². The van der Waals surface area contributed by atoms with Gasteiger partial charge >= 0.3 is 0 Å². The molecule has 2 aliphatic heterocycles. The number of aromatic nitrogens is 4. The van der Waals surface area contributed by atoms with Gasteiger partial charge in [-0.2, -0.15) is 10.4 Å². The molecule has 9 nitrogen and oxygen atoms in total. The highest BCUT2D eigenvalue weighted by atomic mass is 16.6. The monoisotopic (exact) mass is 363 g/mol. The minimum atomic E-state index is -0.327. The second kappa shape index (κ2) is 6.19. The first kappa shape index (κ1) is 16.0. The molecule has 3 aromatic rings. The molecule has 2 aliphatic rings. The fourth-order valence-electron chi connectivity index (χ4n) is 3.84. The highest BCUT2D eigenvalue weighted by Crippen LogP contribution is 2.43. The van der Waals surface area contributed by atoms with Gasteiger partial charge in [0.25, 0.3) is 0 Å². The molecule has 27 heavy (non-hydrogen) atoms. The Morgan fingerprint density at radius 1 is 1.30 bits per heavy atom. The minimum absolute atomic E-state index is 0.222. The van der Waals surface area contributed by atoms with Crippen molar-refractivity contribution in [3.63, 3.8) is 0 Å². The normalized spacial score (nSPS) is 23.1. The van der Waals surface area contributed by atoms with Crippen molar-refractivity contribution in [1.29, 1.82) is 5.26 Å². The number of nitriles is 1. The van der Waals surface area contributed by atoms with Crippen molar-refractivity contribution in [2.24, 2.45) is 0 Å². The molecular weight excluding hydrogens is 346 g/mol. The Morgan fingerprint density at radius 3 is 3.07 bits per heavy atom. The van der Waals surface area contributed by atoms with E-state index in [1.165, 1.54) is 0 Å². The number of hydrogen-bond acceptors (Lipinski definition) is 8. The zero-order valence-corrected chi connectivity index (χ0v) is 14.6. The Morgan fingerprint density at radius 2 is 2.22 bits per heavy atom. The van der Waals surface area contributed by atoms with Crippen molar-refractivity contribution >= 4 is 16.9 Å². The number of likely N-dealkylation sites (N-methyl/N-ethyl adjacent to an activating group) is 1. The largest absolute Gasteiger partial charge is 0.369 e. The van der Waals surface area contributed by atoms with Crippen LogP contribution in [0, 0.1) is 11.3 Å². The number of aromatic amines is 1. The molecule has 5 rings (SSSR count). The summed E-state index contributed by atoms with van der Waals surface area (Å²) in [7, 11) is 2.05. The van der Waals surface area contributed by atoms with Gasteiger partial charge in [0.2, 0.25) is 0 Å². The molecule has 9 heteroatoms. The maximum absolute atomic E-state index is 10.1. The number of hydrogen-bond donors (Lipinski definition) is 2. The summed E-state index contributed by atoms with van der Waals surface area (Å²) in [6, 6.07) is 8.07. The van der Waals surface area contributed by atoms with E-state index in [1.807, 2.05) is 25.2 Å². The molecule has 1 saturated heterocycles. The maximum Gasteiger partial charge on any atom is 0.156 e. The summed E-state index contributed by atoms with van der Waals surface area (Å²) in [5.74, 6) is 0.366. The summed E-state index contributed by atoms with van der Waals surface area (Å²) in [5, 5.41) is 28.6. The number of nitrogens with zero attached hydrogens (tertiary/aromatic N) is 5. The molecule has 1 aromatic carbocycles. The number of ether oxygens (including phenoxy) is 1. The SMILES string of the molecule is CN1CCOC(C2=C(C#N)C(c3cccc4nonc34)c3c[nH]nc3N2)C1. The lowest BCUT2D eigenvalue weighted by atomic mass is 9.81. The molecule has 2 aromatic heterocycles. The van der Waals surface area contributed by atoms with Crippen molar-refractivity contribution in [3.05, 3.63) is 46.8 Å². The number of anilines is 1. The zero-order chi connectivity index (χ0) is 18.4. The van der Waals surface area contributed by atoms with Crippen LogP contribution in [0.3, 0.4) is 0 Å². The van der Waals surface area contributed by atoms with Gasteiger partial charge in [0, 0.05) is 24.8 Å². The first-order valence-corrected chi connectivity index (χ1v) is 8.72.